The summed E-state index contributed by atoms with van der Waals surface area (Å²) in [5.41, 5.74) is 0.405. The average molecular weight is 320 g/mol. The molecule has 0 bridgehead atoms. The third-order valence-corrected chi connectivity index (χ3v) is 3.06. The molecule has 0 radical (unpaired) electrons. The molecule has 2 rings (SSSR count). The van der Waals surface area contributed by atoms with Crippen LogP contribution < -0.4 is 5.32 Å². The van der Waals surface area contributed by atoms with Crippen LogP contribution in [0.1, 0.15) is 26.4 Å². The minimum absolute atomic E-state index is 0.0281. The zero-order valence-corrected chi connectivity index (χ0v) is 12.1. The van der Waals surface area contributed by atoms with E-state index < -0.39 is 22.6 Å². The molecule has 1 aromatic heterocycles. The van der Waals surface area contributed by atoms with Crippen LogP contribution in [0, 0.1) is 17.0 Å². The van der Waals surface area contributed by atoms with Gasteiger partial charge < -0.3 is 10.1 Å². The van der Waals surface area contributed by atoms with Crippen molar-refractivity contribution in [3.8, 4) is 0 Å². The lowest BCUT2D eigenvalue weighted by atomic mass is 10.2. The number of carbonyl (C=O) groups is 2. The van der Waals surface area contributed by atoms with E-state index in [1.165, 1.54) is 25.1 Å². The average Bonchev–Trinajstić information content (AvgIpc) is 2.46. The van der Waals surface area contributed by atoms with Gasteiger partial charge in [0.15, 0.2) is 5.69 Å². The van der Waals surface area contributed by atoms with Gasteiger partial charge in [-0.25, -0.2) is 0 Å². The summed E-state index contributed by atoms with van der Waals surface area (Å²) in [6.45, 7) is 1.51. The zero-order valence-electron chi connectivity index (χ0n) is 11.4. The number of hydrogen-bond donors (Lipinski definition) is 1. The van der Waals surface area contributed by atoms with Gasteiger partial charge in [0.2, 0.25) is 0 Å². The second-order valence-corrected chi connectivity index (χ2v) is 4.78. The lowest BCUT2D eigenvalue weighted by molar-refractivity contribution is -0.389. The molecule has 0 saturated carbocycles. The van der Waals surface area contributed by atoms with Gasteiger partial charge in [0.25, 0.3) is 11.8 Å². The third-order valence-electron chi connectivity index (χ3n) is 2.73. The third kappa shape index (κ3) is 3.44. The first-order valence-electron chi connectivity index (χ1n) is 6.12. The highest BCUT2D eigenvalue weighted by atomic mass is 35.5. The van der Waals surface area contributed by atoms with E-state index in [9.17, 15) is 19.7 Å². The first kappa shape index (κ1) is 15.6. The van der Waals surface area contributed by atoms with Crippen LogP contribution in [0.2, 0.25) is 5.02 Å². The predicted octanol–water partition coefficient (Wildman–Crippen LogP) is 2.52. The highest BCUT2D eigenvalue weighted by Crippen LogP contribution is 2.16. The molecule has 2 aromatic rings. The van der Waals surface area contributed by atoms with E-state index in [2.05, 4.69) is 10.3 Å². The van der Waals surface area contributed by atoms with Crippen molar-refractivity contribution in [3.63, 3.8) is 0 Å². The van der Waals surface area contributed by atoms with Gasteiger partial charge in [-0.05, 0) is 28.1 Å². The van der Waals surface area contributed by atoms with Gasteiger partial charge in [0, 0.05) is 13.0 Å². The Labute approximate surface area is 130 Å². The van der Waals surface area contributed by atoms with Crippen molar-refractivity contribution in [2.45, 2.75) is 6.92 Å². The number of nitrogens with zero attached hydrogens (tertiary/aromatic N) is 2. The van der Waals surface area contributed by atoms with Gasteiger partial charge >= 0.3 is 5.82 Å². The van der Waals surface area contributed by atoms with Crippen molar-refractivity contribution in [1.82, 2.24) is 10.3 Å². The lowest BCUT2D eigenvalue weighted by Gasteiger charge is -2.05. The normalized spacial score (nSPS) is 10.1. The molecule has 1 aromatic carbocycles. The van der Waals surface area contributed by atoms with Gasteiger partial charge in [-0.2, -0.15) is 0 Å². The summed E-state index contributed by atoms with van der Waals surface area (Å²) in [7, 11) is 0. The van der Waals surface area contributed by atoms with E-state index in [4.69, 9.17) is 11.6 Å². The first-order chi connectivity index (χ1) is 10.4. The second kappa shape index (κ2) is 6.31. The number of nitrogens with one attached hydrogen (secondary N) is 1. The molecule has 1 heterocycles. The molecule has 0 fully saturated rings. The van der Waals surface area contributed by atoms with Crippen LogP contribution in [0.4, 0.5) is 5.82 Å². The number of rotatable bonds is 3. The van der Waals surface area contributed by atoms with Crippen LogP contribution in [-0.4, -0.2) is 21.7 Å². The number of hydrogen-bond acceptors (Lipinski definition) is 5. The minimum atomic E-state index is -0.765. The highest BCUT2D eigenvalue weighted by Gasteiger charge is 2.19. The van der Waals surface area contributed by atoms with Crippen LogP contribution >= 0.6 is 11.6 Å². The van der Waals surface area contributed by atoms with E-state index in [0.29, 0.717) is 5.69 Å². The SMILES string of the molecule is Cc1cc(C(=O)NC(=O)c2ccccc2Cl)cc([N+](=O)[O-])n1. The minimum Gasteiger partial charge on any atom is -0.358 e. The molecule has 22 heavy (non-hydrogen) atoms. The van der Waals surface area contributed by atoms with Crippen LogP contribution in [-0.2, 0) is 0 Å². The monoisotopic (exact) mass is 319 g/mol. The standard InChI is InChI=1S/C14H10ClN3O4/c1-8-6-9(7-12(16-8)18(21)22)13(19)17-14(20)10-4-2-3-5-11(10)15/h2-7H,1H3,(H,17,19,20). The topological polar surface area (TPSA) is 102 Å². The maximum Gasteiger partial charge on any atom is 0.364 e. The van der Waals surface area contributed by atoms with E-state index >= 15 is 0 Å². The lowest BCUT2D eigenvalue weighted by Crippen LogP contribution is -2.30. The second-order valence-electron chi connectivity index (χ2n) is 4.38. The van der Waals surface area contributed by atoms with Crippen molar-refractivity contribution in [1.29, 1.82) is 0 Å². The predicted molar refractivity (Wildman–Crippen MR) is 78.9 cm³/mol. The molecular weight excluding hydrogens is 310 g/mol. The smallest absolute Gasteiger partial charge is 0.358 e. The Kier molecular flexibility index (Phi) is 4.47. The van der Waals surface area contributed by atoms with Crippen LogP contribution in [0.5, 0.6) is 0 Å². The number of aromatic nitrogens is 1. The molecule has 0 unspecified atom stereocenters. The van der Waals surface area contributed by atoms with Crippen molar-refractivity contribution >= 4 is 29.2 Å². The quantitative estimate of drug-likeness (QED) is 0.532. The summed E-state index contributed by atoms with van der Waals surface area (Å²) in [5, 5.41) is 13.1. The number of amides is 2. The van der Waals surface area contributed by atoms with E-state index in [1.807, 2.05) is 0 Å². The molecule has 0 aliphatic carbocycles. The molecular formula is C14H10ClN3O4. The van der Waals surface area contributed by atoms with E-state index in [0.717, 1.165) is 6.07 Å². The number of carbonyl (C=O) groups excluding carboxylic acids is 2. The van der Waals surface area contributed by atoms with Crippen LogP contribution in [0.25, 0.3) is 0 Å². The number of halogens is 1. The summed E-state index contributed by atoms with van der Waals surface area (Å²) in [5.74, 6) is -1.92. The van der Waals surface area contributed by atoms with Crippen molar-refractivity contribution in [2.75, 3.05) is 0 Å². The molecule has 0 aliphatic heterocycles. The maximum atomic E-state index is 12.0. The summed E-state index contributed by atoms with van der Waals surface area (Å²) >= 11 is 5.87. The van der Waals surface area contributed by atoms with Gasteiger partial charge in [-0.15, -0.1) is 0 Å². The van der Waals surface area contributed by atoms with Crippen molar-refractivity contribution < 1.29 is 14.5 Å². The molecule has 0 atom stereocenters. The Morgan fingerprint density at radius 1 is 1.23 bits per heavy atom. The zero-order chi connectivity index (χ0) is 16.3. The number of pyridine rings is 1. The number of aryl methyl sites for hydroxylation is 1. The molecule has 2 amide bonds. The Morgan fingerprint density at radius 2 is 1.91 bits per heavy atom. The van der Waals surface area contributed by atoms with Crippen LogP contribution in [0.3, 0.4) is 0 Å². The van der Waals surface area contributed by atoms with Gasteiger partial charge in [0.05, 0.1) is 16.1 Å². The van der Waals surface area contributed by atoms with E-state index in [-0.39, 0.29) is 16.1 Å². The number of imide groups is 1. The Hall–Kier alpha value is -2.80. The summed E-state index contributed by atoms with van der Waals surface area (Å²) in [4.78, 5) is 37.7. The van der Waals surface area contributed by atoms with Gasteiger partial charge in [-0.3, -0.25) is 14.9 Å². The molecule has 0 saturated heterocycles. The summed E-state index contributed by atoms with van der Waals surface area (Å²) in [6, 6.07) is 8.58. The Balaban J connectivity index is 2.24. The molecule has 1 N–H and O–H groups in total. The molecule has 112 valence electrons. The maximum absolute atomic E-state index is 12.0. The summed E-state index contributed by atoms with van der Waals surface area (Å²) in [6.07, 6.45) is 0. The highest BCUT2D eigenvalue weighted by molar-refractivity contribution is 6.34. The molecule has 7 nitrogen and oxygen atoms in total. The summed E-state index contributed by atoms with van der Waals surface area (Å²) < 4.78 is 0. The number of benzene rings is 1. The Morgan fingerprint density at radius 3 is 2.55 bits per heavy atom. The fourth-order valence-corrected chi connectivity index (χ4v) is 1.99. The van der Waals surface area contributed by atoms with E-state index in [1.54, 1.807) is 12.1 Å². The fourth-order valence-electron chi connectivity index (χ4n) is 1.76. The van der Waals surface area contributed by atoms with Crippen molar-refractivity contribution in [2.24, 2.45) is 0 Å². The molecule has 0 spiro atoms. The largest absolute Gasteiger partial charge is 0.364 e. The van der Waals surface area contributed by atoms with Crippen molar-refractivity contribution in [3.05, 3.63) is 68.4 Å². The fraction of sp³-hybridized carbons (Fsp3) is 0.0714. The number of nitro groups is 1. The van der Waals surface area contributed by atoms with Gasteiger partial charge in [-0.1, -0.05) is 23.7 Å². The van der Waals surface area contributed by atoms with Crippen LogP contribution in [0.15, 0.2) is 36.4 Å². The molecule has 8 heteroatoms. The first-order valence-corrected chi connectivity index (χ1v) is 6.49. The molecule has 0 aliphatic rings. The van der Waals surface area contributed by atoms with Gasteiger partial charge in [0.1, 0.15) is 0 Å². The Bertz CT molecular complexity index is 776.